The number of amides is 2. The molecule has 1 atom stereocenters. The highest BCUT2D eigenvalue weighted by Gasteiger charge is 2.22. The van der Waals surface area contributed by atoms with Crippen LogP contribution in [0.25, 0.3) is 11.1 Å². The van der Waals surface area contributed by atoms with Crippen LogP contribution < -0.4 is 15.4 Å². The molecule has 5 aromatic carbocycles. The van der Waals surface area contributed by atoms with Crippen molar-refractivity contribution in [3.8, 4) is 22.6 Å². The Balaban J connectivity index is 1.31. The number of carboxylic acids is 1. The van der Waals surface area contributed by atoms with Gasteiger partial charge in [0.1, 0.15) is 11.5 Å². The molecule has 1 unspecified atom stereocenters. The molecule has 0 saturated heterocycles. The first-order valence-electron chi connectivity index (χ1n) is 15.1. The summed E-state index contributed by atoms with van der Waals surface area (Å²) in [5.41, 5.74) is 4.29. The van der Waals surface area contributed by atoms with Gasteiger partial charge in [0.2, 0.25) is 0 Å². The summed E-state index contributed by atoms with van der Waals surface area (Å²) >= 11 is 6.24. The van der Waals surface area contributed by atoms with Crippen molar-refractivity contribution >= 4 is 35.1 Å². The zero-order valence-electron chi connectivity index (χ0n) is 26.3. The molecular weight excluding hydrogens is 612 g/mol. The van der Waals surface area contributed by atoms with Crippen molar-refractivity contribution in [2.24, 2.45) is 0 Å². The lowest BCUT2D eigenvalue weighted by Crippen LogP contribution is -2.31. The van der Waals surface area contributed by atoms with Gasteiger partial charge in [0.15, 0.2) is 0 Å². The van der Waals surface area contributed by atoms with Crippen LogP contribution in [0.3, 0.4) is 0 Å². The lowest BCUT2D eigenvalue weighted by atomic mass is 9.86. The molecule has 0 fully saturated rings. The lowest BCUT2D eigenvalue weighted by Gasteiger charge is -2.20. The molecule has 47 heavy (non-hydrogen) atoms. The van der Waals surface area contributed by atoms with Crippen molar-refractivity contribution in [1.29, 1.82) is 0 Å². The molecule has 3 N–H and O–H groups in total. The van der Waals surface area contributed by atoms with Crippen molar-refractivity contribution in [3.05, 3.63) is 149 Å². The number of nitrogens with one attached hydrogen (secondary N) is 2. The highest BCUT2D eigenvalue weighted by atomic mass is 35.5. The summed E-state index contributed by atoms with van der Waals surface area (Å²) in [6, 6.07) is 35.5. The Hall–Kier alpha value is -5.40. The van der Waals surface area contributed by atoms with Crippen LogP contribution in [0.2, 0.25) is 5.02 Å². The number of hydrogen-bond donors (Lipinski definition) is 3. The van der Waals surface area contributed by atoms with Gasteiger partial charge < -0.3 is 20.5 Å². The quantitative estimate of drug-likeness (QED) is 0.140. The van der Waals surface area contributed by atoms with Gasteiger partial charge >= 0.3 is 5.97 Å². The number of ether oxygens (including phenoxy) is 1. The molecule has 0 radical (unpaired) electrons. The van der Waals surface area contributed by atoms with E-state index in [4.69, 9.17) is 16.3 Å². The summed E-state index contributed by atoms with van der Waals surface area (Å²) < 4.78 is 5.88. The molecular formula is C39H35ClN2O5. The maximum atomic E-state index is 13.6. The Morgan fingerprint density at radius 2 is 1.34 bits per heavy atom. The SMILES string of the molecule is CC(C)(C)c1ccc(C(=O)Nc2ccc(Cl)cc2C(=O)NC(CC(=O)O)c2ccc(-c3ccc(Oc4ccccc4)cc3)cc2)cc1. The normalized spacial score (nSPS) is 11.7. The van der Waals surface area contributed by atoms with Gasteiger partial charge in [0.25, 0.3) is 11.8 Å². The first-order valence-corrected chi connectivity index (χ1v) is 15.5. The second-order valence-electron chi connectivity index (χ2n) is 12.2. The fraction of sp³-hybridized carbons (Fsp3) is 0.154. The molecule has 7 nitrogen and oxygen atoms in total. The maximum Gasteiger partial charge on any atom is 0.305 e. The Morgan fingerprint density at radius 3 is 1.94 bits per heavy atom. The van der Waals surface area contributed by atoms with Gasteiger partial charge in [-0.2, -0.15) is 0 Å². The van der Waals surface area contributed by atoms with Gasteiger partial charge in [-0.15, -0.1) is 0 Å². The fourth-order valence-electron chi connectivity index (χ4n) is 5.04. The van der Waals surface area contributed by atoms with Crippen LogP contribution in [-0.2, 0) is 10.2 Å². The monoisotopic (exact) mass is 646 g/mol. The van der Waals surface area contributed by atoms with E-state index >= 15 is 0 Å². The minimum Gasteiger partial charge on any atom is -0.481 e. The van der Waals surface area contributed by atoms with Gasteiger partial charge in [0.05, 0.1) is 23.7 Å². The highest BCUT2D eigenvalue weighted by molar-refractivity contribution is 6.31. The zero-order valence-corrected chi connectivity index (χ0v) is 27.0. The molecule has 0 aliphatic heterocycles. The predicted octanol–water partition coefficient (Wildman–Crippen LogP) is 9.29. The van der Waals surface area contributed by atoms with Gasteiger partial charge in [-0.05, 0) is 82.3 Å². The van der Waals surface area contributed by atoms with E-state index in [1.807, 2.05) is 78.9 Å². The van der Waals surface area contributed by atoms with Crippen molar-refractivity contribution < 1.29 is 24.2 Å². The van der Waals surface area contributed by atoms with E-state index in [0.29, 0.717) is 21.9 Å². The van der Waals surface area contributed by atoms with Gasteiger partial charge in [0, 0.05) is 10.6 Å². The minimum atomic E-state index is -1.08. The van der Waals surface area contributed by atoms with Crippen LogP contribution in [-0.4, -0.2) is 22.9 Å². The van der Waals surface area contributed by atoms with E-state index in [1.165, 1.54) is 6.07 Å². The van der Waals surface area contributed by atoms with E-state index in [1.54, 1.807) is 36.4 Å². The van der Waals surface area contributed by atoms with E-state index < -0.39 is 17.9 Å². The Bertz CT molecular complexity index is 1870. The topological polar surface area (TPSA) is 105 Å². The number of rotatable bonds is 10. The molecule has 0 heterocycles. The molecule has 8 heteroatoms. The third kappa shape index (κ3) is 8.66. The summed E-state index contributed by atoms with van der Waals surface area (Å²) in [5.74, 6) is -0.591. The van der Waals surface area contributed by atoms with E-state index in [-0.39, 0.29) is 29.0 Å². The molecule has 0 aliphatic carbocycles. The molecule has 0 bridgehead atoms. The number of carbonyl (C=O) groups is 3. The summed E-state index contributed by atoms with van der Waals surface area (Å²) in [7, 11) is 0. The number of carboxylic acid groups (broad SMARTS) is 1. The van der Waals surface area contributed by atoms with Crippen LogP contribution in [0.1, 0.15) is 65.1 Å². The lowest BCUT2D eigenvalue weighted by molar-refractivity contribution is -0.137. The zero-order chi connectivity index (χ0) is 33.6. The average molecular weight is 647 g/mol. The first kappa shape index (κ1) is 33.0. The van der Waals surface area contributed by atoms with Gasteiger partial charge in [-0.25, -0.2) is 0 Å². The summed E-state index contributed by atoms with van der Waals surface area (Å²) in [6.07, 6.45) is -0.348. The number of halogens is 1. The van der Waals surface area contributed by atoms with Crippen LogP contribution >= 0.6 is 11.6 Å². The minimum absolute atomic E-state index is 0.0626. The average Bonchev–Trinajstić information content (AvgIpc) is 3.05. The maximum absolute atomic E-state index is 13.6. The summed E-state index contributed by atoms with van der Waals surface area (Å²) in [5, 5.41) is 15.6. The van der Waals surface area contributed by atoms with Crippen molar-refractivity contribution in [1.82, 2.24) is 5.32 Å². The predicted molar refractivity (Wildman–Crippen MR) is 185 cm³/mol. The third-order valence-corrected chi connectivity index (χ3v) is 7.89. The summed E-state index contributed by atoms with van der Waals surface area (Å²) in [6.45, 7) is 6.27. The van der Waals surface area contributed by atoms with Gasteiger partial charge in [-0.3, -0.25) is 14.4 Å². The smallest absolute Gasteiger partial charge is 0.305 e. The summed E-state index contributed by atoms with van der Waals surface area (Å²) in [4.78, 5) is 38.5. The van der Waals surface area contributed by atoms with Gasteiger partial charge in [-0.1, -0.05) is 99.1 Å². The molecule has 2 amide bonds. The molecule has 0 saturated carbocycles. The van der Waals surface area contributed by atoms with Crippen LogP contribution in [0.5, 0.6) is 11.5 Å². The molecule has 238 valence electrons. The Morgan fingerprint density at radius 1 is 0.745 bits per heavy atom. The largest absolute Gasteiger partial charge is 0.481 e. The molecule has 0 aliphatic rings. The molecule has 5 aromatic rings. The third-order valence-electron chi connectivity index (χ3n) is 7.65. The van der Waals surface area contributed by atoms with Crippen molar-refractivity contribution in [2.75, 3.05) is 5.32 Å². The van der Waals surface area contributed by atoms with Crippen molar-refractivity contribution in [2.45, 2.75) is 38.6 Å². The number of benzene rings is 5. The Labute approximate surface area is 279 Å². The molecule has 0 aromatic heterocycles. The number of carbonyl (C=O) groups excluding carboxylic acids is 2. The molecule has 0 spiro atoms. The van der Waals surface area contributed by atoms with E-state index in [0.717, 1.165) is 22.4 Å². The van der Waals surface area contributed by atoms with Crippen molar-refractivity contribution in [3.63, 3.8) is 0 Å². The van der Waals surface area contributed by atoms with E-state index in [2.05, 4.69) is 31.4 Å². The number of anilines is 1. The fourth-order valence-corrected chi connectivity index (χ4v) is 5.21. The number of aliphatic carboxylic acids is 1. The van der Waals surface area contributed by atoms with E-state index in [9.17, 15) is 19.5 Å². The second kappa shape index (κ2) is 14.4. The standard InChI is InChI=1S/C39H35ClN2O5/c1-39(2,3)29-17-13-28(14-18-29)37(45)41-34-22-19-30(40)23-33(34)38(46)42-35(24-36(43)44)27-11-9-25(10-12-27)26-15-20-32(21-16-26)47-31-7-5-4-6-8-31/h4-23,35H,24H2,1-3H3,(H,41,45)(H,42,46)(H,43,44). The Kier molecular flexibility index (Phi) is 10.1. The van der Waals surface area contributed by atoms with Crippen LogP contribution in [0, 0.1) is 0 Å². The molecule has 5 rings (SSSR count). The second-order valence-corrected chi connectivity index (χ2v) is 12.6. The first-order chi connectivity index (χ1) is 22.5. The number of hydrogen-bond acceptors (Lipinski definition) is 4. The highest BCUT2D eigenvalue weighted by Crippen LogP contribution is 2.29. The van der Waals surface area contributed by atoms with Crippen LogP contribution in [0.15, 0.2) is 121 Å². The number of para-hydroxylation sites is 1. The van der Waals surface area contributed by atoms with Crippen LogP contribution in [0.4, 0.5) is 5.69 Å².